The van der Waals surface area contributed by atoms with Gasteiger partial charge < -0.3 is 19.5 Å². The molecule has 30 heavy (non-hydrogen) atoms. The summed E-state index contributed by atoms with van der Waals surface area (Å²) < 4.78 is 10.8. The number of amides is 1. The topological polar surface area (TPSA) is 76.1 Å². The molecule has 2 saturated heterocycles. The van der Waals surface area contributed by atoms with Gasteiger partial charge in [0.2, 0.25) is 0 Å². The third-order valence-electron chi connectivity index (χ3n) is 5.51. The van der Waals surface area contributed by atoms with Gasteiger partial charge >= 0.3 is 0 Å². The number of benzene rings is 2. The van der Waals surface area contributed by atoms with Crippen LogP contribution in [0, 0.1) is 0 Å². The number of hydrogen-bond acceptors (Lipinski definition) is 5. The Balaban J connectivity index is 1.80. The normalized spacial score (nSPS) is 23.2. The molecule has 0 aliphatic carbocycles. The molecule has 2 aliphatic rings. The molecule has 1 amide bonds. The Bertz CT molecular complexity index is 978. The van der Waals surface area contributed by atoms with Gasteiger partial charge in [-0.05, 0) is 54.8 Å². The maximum absolute atomic E-state index is 13.0. The molecule has 2 fully saturated rings. The van der Waals surface area contributed by atoms with Crippen LogP contribution in [0.2, 0.25) is 5.02 Å². The maximum atomic E-state index is 13.0. The number of aliphatic hydroxyl groups is 1. The minimum absolute atomic E-state index is 0.0606. The number of rotatable bonds is 5. The molecule has 2 aliphatic heterocycles. The van der Waals surface area contributed by atoms with Crippen LogP contribution in [-0.4, -0.2) is 48.1 Å². The molecule has 0 unspecified atom stereocenters. The Kier molecular flexibility index (Phi) is 5.79. The lowest BCUT2D eigenvalue weighted by Gasteiger charge is -2.27. The zero-order valence-electron chi connectivity index (χ0n) is 16.5. The summed E-state index contributed by atoms with van der Waals surface area (Å²) in [5.41, 5.74) is 1.20. The summed E-state index contributed by atoms with van der Waals surface area (Å²) in [5.74, 6) is -0.938. The third kappa shape index (κ3) is 3.80. The molecule has 0 bridgehead atoms. The molecule has 2 aromatic carbocycles. The third-order valence-corrected chi connectivity index (χ3v) is 5.77. The molecule has 2 aromatic rings. The molecule has 6 nitrogen and oxygen atoms in total. The zero-order chi connectivity index (χ0) is 21.3. The Morgan fingerprint density at radius 2 is 1.87 bits per heavy atom. The number of methoxy groups -OCH3 is 1. The standard InChI is InChI=1S/C23H22ClNO5/c1-29-17-10-6-15(7-11-17)21(26)19-20(14-4-8-16(24)9-5-14)25(23(28)22(19)27)13-18-3-2-12-30-18/h4-11,18,20,26H,2-3,12-13H2,1H3/t18-,20-/m0/s1. The average Bonchev–Trinajstić information content (AvgIpc) is 3.36. The van der Waals surface area contributed by atoms with Crippen LogP contribution in [0.5, 0.6) is 5.75 Å². The summed E-state index contributed by atoms with van der Waals surface area (Å²) in [7, 11) is 1.55. The van der Waals surface area contributed by atoms with Crippen molar-refractivity contribution in [3.63, 3.8) is 0 Å². The van der Waals surface area contributed by atoms with Gasteiger partial charge in [-0.3, -0.25) is 9.59 Å². The van der Waals surface area contributed by atoms with Crippen molar-refractivity contribution in [1.82, 2.24) is 4.90 Å². The summed E-state index contributed by atoms with van der Waals surface area (Å²) in [5, 5.41) is 11.6. The molecule has 0 spiro atoms. The van der Waals surface area contributed by atoms with Crippen LogP contribution in [-0.2, 0) is 14.3 Å². The monoisotopic (exact) mass is 427 g/mol. The number of ether oxygens (including phenoxy) is 2. The molecule has 0 aromatic heterocycles. The van der Waals surface area contributed by atoms with E-state index >= 15 is 0 Å². The Morgan fingerprint density at radius 1 is 1.17 bits per heavy atom. The number of halogens is 1. The fourth-order valence-electron chi connectivity index (χ4n) is 3.97. The Morgan fingerprint density at radius 3 is 2.47 bits per heavy atom. The van der Waals surface area contributed by atoms with Gasteiger partial charge in [0.15, 0.2) is 0 Å². The van der Waals surface area contributed by atoms with Gasteiger partial charge in [-0.1, -0.05) is 23.7 Å². The first-order valence-electron chi connectivity index (χ1n) is 9.79. The highest BCUT2D eigenvalue weighted by Crippen LogP contribution is 2.40. The lowest BCUT2D eigenvalue weighted by Crippen LogP contribution is -2.36. The molecule has 2 heterocycles. The molecule has 4 rings (SSSR count). The van der Waals surface area contributed by atoms with E-state index in [1.807, 2.05) is 0 Å². The highest BCUT2D eigenvalue weighted by Gasteiger charge is 2.47. The maximum Gasteiger partial charge on any atom is 0.295 e. The molecule has 0 saturated carbocycles. The van der Waals surface area contributed by atoms with Crippen molar-refractivity contribution in [2.24, 2.45) is 0 Å². The van der Waals surface area contributed by atoms with Crippen molar-refractivity contribution >= 4 is 29.1 Å². The molecule has 0 radical (unpaired) electrons. The molecule has 2 atom stereocenters. The average molecular weight is 428 g/mol. The van der Waals surface area contributed by atoms with Crippen molar-refractivity contribution in [2.75, 3.05) is 20.3 Å². The summed E-state index contributed by atoms with van der Waals surface area (Å²) >= 11 is 6.03. The fourth-order valence-corrected chi connectivity index (χ4v) is 4.10. The second-order valence-corrected chi connectivity index (χ2v) is 7.80. The van der Waals surface area contributed by atoms with Gasteiger partial charge in [-0.25, -0.2) is 0 Å². The first kappa shape index (κ1) is 20.4. The number of aliphatic hydroxyl groups excluding tert-OH is 1. The van der Waals surface area contributed by atoms with E-state index in [2.05, 4.69) is 0 Å². The number of ketones is 1. The molecular weight excluding hydrogens is 406 g/mol. The van der Waals surface area contributed by atoms with Crippen molar-refractivity contribution in [3.8, 4) is 5.75 Å². The van der Waals surface area contributed by atoms with E-state index in [1.54, 1.807) is 55.6 Å². The quantitative estimate of drug-likeness (QED) is 0.444. The largest absolute Gasteiger partial charge is 0.507 e. The summed E-state index contributed by atoms with van der Waals surface area (Å²) in [6.45, 7) is 0.934. The van der Waals surface area contributed by atoms with Crippen LogP contribution in [0.4, 0.5) is 0 Å². The van der Waals surface area contributed by atoms with E-state index < -0.39 is 17.7 Å². The van der Waals surface area contributed by atoms with Crippen LogP contribution in [0.15, 0.2) is 54.1 Å². The zero-order valence-corrected chi connectivity index (χ0v) is 17.3. The van der Waals surface area contributed by atoms with Crippen LogP contribution in [0.1, 0.15) is 30.0 Å². The van der Waals surface area contributed by atoms with Crippen LogP contribution < -0.4 is 4.74 Å². The van der Waals surface area contributed by atoms with Gasteiger partial charge in [0.05, 0.1) is 24.8 Å². The second kappa shape index (κ2) is 8.50. The van der Waals surface area contributed by atoms with Crippen molar-refractivity contribution in [1.29, 1.82) is 0 Å². The summed E-state index contributed by atoms with van der Waals surface area (Å²) in [4.78, 5) is 27.4. The van der Waals surface area contributed by atoms with E-state index in [-0.39, 0.29) is 24.0 Å². The minimum Gasteiger partial charge on any atom is -0.507 e. The molecule has 1 N–H and O–H groups in total. The van der Waals surface area contributed by atoms with Gasteiger partial charge in [0.25, 0.3) is 11.7 Å². The number of nitrogens with zero attached hydrogens (tertiary/aromatic N) is 1. The molecule has 156 valence electrons. The number of carbonyl (C=O) groups is 2. The second-order valence-electron chi connectivity index (χ2n) is 7.37. The molecular formula is C23H22ClNO5. The number of Topliss-reactive ketones (excluding diaryl/α,β-unsaturated/α-hetero) is 1. The van der Waals surface area contributed by atoms with E-state index in [4.69, 9.17) is 21.1 Å². The Labute approximate surface area is 179 Å². The van der Waals surface area contributed by atoms with Crippen molar-refractivity contribution in [3.05, 3.63) is 70.3 Å². The molecule has 7 heteroatoms. The van der Waals surface area contributed by atoms with E-state index in [9.17, 15) is 14.7 Å². The smallest absolute Gasteiger partial charge is 0.295 e. The SMILES string of the molecule is COc1ccc(C(O)=C2C(=O)C(=O)N(C[C@@H]3CCCO3)[C@H]2c2ccc(Cl)cc2)cc1. The van der Waals surface area contributed by atoms with Crippen LogP contribution in [0.3, 0.4) is 0 Å². The predicted octanol–water partition coefficient (Wildman–Crippen LogP) is 3.95. The number of likely N-dealkylation sites (tertiary alicyclic amines) is 1. The van der Waals surface area contributed by atoms with Gasteiger partial charge in [0, 0.05) is 23.7 Å². The lowest BCUT2D eigenvalue weighted by molar-refractivity contribution is -0.140. The van der Waals surface area contributed by atoms with Gasteiger partial charge in [-0.2, -0.15) is 0 Å². The minimum atomic E-state index is -0.714. The lowest BCUT2D eigenvalue weighted by atomic mass is 9.95. The van der Waals surface area contributed by atoms with Crippen LogP contribution in [0.25, 0.3) is 5.76 Å². The van der Waals surface area contributed by atoms with Crippen molar-refractivity contribution in [2.45, 2.75) is 25.0 Å². The van der Waals surface area contributed by atoms with E-state index in [0.29, 0.717) is 28.5 Å². The van der Waals surface area contributed by atoms with Crippen molar-refractivity contribution < 1.29 is 24.2 Å². The highest BCUT2D eigenvalue weighted by atomic mass is 35.5. The summed E-state index contributed by atoms with van der Waals surface area (Å²) in [6.07, 6.45) is 1.62. The van der Waals surface area contributed by atoms with E-state index in [1.165, 1.54) is 4.90 Å². The van der Waals surface area contributed by atoms with E-state index in [0.717, 1.165) is 12.8 Å². The number of carbonyl (C=O) groups excluding carboxylic acids is 2. The van der Waals surface area contributed by atoms with Gasteiger partial charge in [0.1, 0.15) is 11.5 Å². The number of hydrogen-bond donors (Lipinski definition) is 1. The van der Waals surface area contributed by atoms with Crippen LogP contribution >= 0.6 is 11.6 Å². The Hall–Kier alpha value is -2.83. The fraction of sp³-hybridized carbons (Fsp3) is 0.304. The first-order valence-corrected chi connectivity index (χ1v) is 10.2. The highest BCUT2D eigenvalue weighted by molar-refractivity contribution is 6.46. The summed E-state index contributed by atoms with van der Waals surface area (Å²) in [6, 6.07) is 12.9. The predicted molar refractivity (Wildman–Crippen MR) is 112 cm³/mol. The first-order chi connectivity index (χ1) is 14.5. The van der Waals surface area contributed by atoms with Gasteiger partial charge in [-0.15, -0.1) is 0 Å².